The van der Waals surface area contributed by atoms with Crippen LogP contribution in [0.4, 0.5) is 0 Å². The van der Waals surface area contributed by atoms with Gasteiger partial charge in [-0.25, -0.2) is 13.4 Å². The number of imidazole rings is 1. The number of aromatic nitrogens is 2. The second-order valence-corrected chi connectivity index (χ2v) is 6.31. The highest BCUT2D eigenvalue weighted by Crippen LogP contribution is 2.14. The summed E-state index contributed by atoms with van der Waals surface area (Å²) in [4.78, 5) is 3.96. The van der Waals surface area contributed by atoms with E-state index in [9.17, 15) is 8.42 Å². The first-order valence-electron chi connectivity index (χ1n) is 5.64. The van der Waals surface area contributed by atoms with Gasteiger partial charge in [-0.2, -0.15) is 4.31 Å². The first-order valence-corrected chi connectivity index (χ1v) is 8.20. The van der Waals surface area contributed by atoms with Crippen LogP contribution in [0.25, 0.3) is 0 Å². The molecule has 0 bridgehead atoms. The van der Waals surface area contributed by atoms with E-state index in [4.69, 9.17) is 0 Å². The van der Waals surface area contributed by atoms with Crippen molar-refractivity contribution in [2.24, 2.45) is 0 Å². The van der Waals surface area contributed by atoms with Crippen molar-refractivity contribution in [1.29, 1.82) is 0 Å². The molecule has 0 unspecified atom stereocenters. The van der Waals surface area contributed by atoms with Crippen LogP contribution in [0, 0.1) is 0 Å². The summed E-state index contributed by atoms with van der Waals surface area (Å²) >= 11 is 3.27. The molecule has 17 heavy (non-hydrogen) atoms. The zero-order valence-electron chi connectivity index (χ0n) is 10.1. The molecule has 7 heteroatoms. The van der Waals surface area contributed by atoms with Crippen molar-refractivity contribution in [3.8, 4) is 0 Å². The fourth-order valence-electron chi connectivity index (χ4n) is 1.47. The number of sulfonamides is 1. The summed E-state index contributed by atoms with van der Waals surface area (Å²) in [6, 6.07) is 0. The molecule has 0 N–H and O–H groups in total. The Kier molecular flexibility index (Phi) is 5.61. The van der Waals surface area contributed by atoms with E-state index in [0.717, 1.165) is 13.0 Å². The van der Waals surface area contributed by atoms with E-state index in [1.54, 1.807) is 17.1 Å². The second-order valence-electron chi connectivity index (χ2n) is 3.64. The SMILES string of the molecule is CCCN(CCBr)S(=O)(=O)c1cn(CC)cn1. The molecule has 1 aromatic rings. The van der Waals surface area contributed by atoms with E-state index in [2.05, 4.69) is 20.9 Å². The molecular formula is C10H18BrN3O2S. The Labute approximate surface area is 111 Å². The lowest BCUT2D eigenvalue weighted by molar-refractivity contribution is 0.428. The molecule has 0 fully saturated rings. The molecule has 0 aliphatic carbocycles. The third kappa shape index (κ3) is 3.53. The standard InChI is InChI=1S/C10H18BrN3O2S/c1-3-6-14(7-5-11)17(15,16)10-8-13(4-2)9-12-10/h8-9H,3-7H2,1-2H3. The largest absolute Gasteiger partial charge is 0.336 e. The number of alkyl halides is 1. The average molecular weight is 324 g/mol. The maximum Gasteiger partial charge on any atom is 0.262 e. The second kappa shape index (κ2) is 6.51. The summed E-state index contributed by atoms with van der Waals surface area (Å²) in [7, 11) is -3.44. The third-order valence-electron chi connectivity index (χ3n) is 2.39. The number of rotatable bonds is 7. The quantitative estimate of drug-likeness (QED) is 0.718. The van der Waals surface area contributed by atoms with E-state index in [1.165, 1.54) is 4.31 Å². The van der Waals surface area contributed by atoms with Crippen molar-refractivity contribution in [2.75, 3.05) is 18.4 Å². The van der Waals surface area contributed by atoms with Crippen LogP contribution in [-0.2, 0) is 16.6 Å². The molecule has 98 valence electrons. The van der Waals surface area contributed by atoms with Gasteiger partial charge in [0, 0.05) is 31.2 Å². The van der Waals surface area contributed by atoms with Gasteiger partial charge in [-0.1, -0.05) is 22.9 Å². The van der Waals surface area contributed by atoms with Gasteiger partial charge in [0.2, 0.25) is 0 Å². The smallest absolute Gasteiger partial charge is 0.262 e. The van der Waals surface area contributed by atoms with Crippen LogP contribution in [0.5, 0.6) is 0 Å². The first-order chi connectivity index (χ1) is 8.06. The lowest BCUT2D eigenvalue weighted by atomic mass is 10.5. The van der Waals surface area contributed by atoms with E-state index >= 15 is 0 Å². The van der Waals surface area contributed by atoms with E-state index in [1.807, 2.05) is 13.8 Å². The Morgan fingerprint density at radius 3 is 2.59 bits per heavy atom. The number of hydrogen-bond donors (Lipinski definition) is 0. The molecule has 0 spiro atoms. The van der Waals surface area contributed by atoms with Crippen LogP contribution in [0.1, 0.15) is 20.3 Å². The predicted molar refractivity (Wildman–Crippen MR) is 70.7 cm³/mol. The molecule has 0 atom stereocenters. The van der Waals surface area contributed by atoms with Gasteiger partial charge < -0.3 is 4.57 Å². The Balaban J connectivity index is 2.98. The molecule has 0 amide bonds. The summed E-state index contributed by atoms with van der Waals surface area (Å²) in [5, 5.41) is 0.759. The molecule has 0 saturated heterocycles. The Morgan fingerprint density at radius 2 is 2.12 bits per heavy atom. The molecular weight excluding hydrogens is 306 g/mol. The molecule has 0 aliphatic heterocycles. The highest BCUT2D eigenvalue weighted by molar-refractivity contribution is 9.09. The van der Waals surface area contributed by atoms with Crippen LogP contribution < -0.4 is 0 Å². The molecule has 0 saturated carbocycles. The van der Waals surface area contributed by atoms with Gasteiger partial charge in [0.05, 0.1) is 6.33 Å². The van der Waals surface area contributed by atoms with Gasteiger partial charge in [-0.05, 0) is 13.3 Å². The average Bonchev–Trinajstić information content (AvgIpc) is 2.78. The van der Waals surface area contributed by atoms with Gasteiger partial charge in [0.25, 0.3) is 10.0 Å². The Morgan fingerprint density at radius 1 is 1.41 bits per heavy atom. The molecule has 0 aliphatic rings. The van der Waals surface area contributed by atoms with Crippen molar-refractivity contribution < 1.29 is 8.42 Å². The number of hydrogen-bond acceptors (Lipinski definition) is 3. The zero-order valence-corrected chi connectivity index (χ0v) is 12.5. The van der Waals surface area contributed by atoms with Gasteiger partial charge in [0.1, 0.15) is 0 Å². The van der Waals surface area contributed by atoms with Crippen molar-refractivity contribution in [2.45, 2.75) is 31.8 Å². The molecule has 1 aromatic heterocycles. The maximum absolute atomic E-state index is 12.3. The van der Waals surface area contributed by atoms with E-state index in [0.29, 0.717) is 18.4 Å². The van der Waals surface area contributed by atoms with Crippen LogP contribution in [0.3, 0.4) is 0 Å². The van der Waals surface area contributed by atoms with Crippen LogP contribution in [-0.4, -0.2) is 40.7 Å². The summed E-state index contributed by atoms with van der Waals surface area (Å²) in [5.41, 5.74) is 0. The Bertz CT molecular complexity index is 438. The van der Waals surface area contributed by atoms with Crippen molar-refractivity contribution in [3.05, 3.63) is 12.5 Å². The first kappa shape index (κ1) is 14.7. The lowest BCUT2D eigenvalue weighted by Gasteiger charge is -2.18. The van der Waals surface area contributed by atoms with Gasteiger partial charge in [-0.3, -0.25) is 0 Å². The summed E-state index contributed by atoms with van der Waals surface area (Å²) in [5.74, 6) is 0. The van der Waals surface area contributed by atoms with Gasteiger partial charge in [0.15, 0.2) is 5.03 Å². The monoisotopic (exact) mass is 323 g/mol. The fraction of sp³-hybridized carbons (Fsp3) is 0.700. The summed E-state index contributed by atoms with van der Waals surface area (Å²) in [6.45, 7) is 5.61. The zero-order chi connectivity index (χ0) is 12.9. The van der Waals surface area contributed by atoms with Crippen LogP contribution in [0.2, 0.25) is 0 Å². The minimum Gasteiger partial charge on any atom is -0.336 e. The molecule has 0 radical (unpaired) electrons. The van der Waals surface area contributed by atoms with Gasteiger partial charge >= 0.3 is 0 Å². The molecule has 1 rings (SSSR count). The summed E-state index contributed by atoms with van der Waals surface area (Å²) < 4.78 is 27.8. The predicted octanol–water partition coefficient (Wildman–Crippen LogP) is 1.70. The fourth-order valence-corrected chi connectivity index (χ4v) is 3.60. The van der Waals surface area contributed by atoms with E-state index in [-0.39, 0.29) is 5.03 Å². The van der Waals surface area contributed by atoms with Crippen molar-refractivity contribution >= 4 is 26.0 Å². The van der Waals surface area contributed by atoms with E-state index < -0.39 is 10.0 Å². The highest BCUT2D eigenvalue weighted by Gasteiger charge is 2.25. The van der Waals surface area contributed by atoms with Crippen molar-refractivity contribution in [3.63, 3.8) is 0 Å². The number of aryl methyl sites for hydroxylation is 1. The highest BCUT2D eigenvalue weighted by atomic mass is 79.9. The minimum absolute atomic E-state index is 0.133. The lowest BCUT2D eigenvalue weighted by Crippen LogP contribution is -2.33. The molecule has 5 nitrogen and oxygen atoms in total. The van der Waals surface area contributed by atoms with Crippen LogP contribution >= 0.6 is 15.9 Å². The number of nitrogens with zero attached hydrogens (tertiary/aromatic N) is 3. The number of halogens is 1. The molecule has 0 aromatic carbocycles. The third-order valence-corrected chi connectivity index (χ3v) is 4.52. The van der Waals surface area contributed by atoms with Crippen LogP contribution in [0.15, 0.2) is 17.6 Å². The minimum atomic E-state index is -3.44. The normalized spacial score (nSPS) is 12.2. The topological polar surface area (TPSA) is 55.2 Å². The molecule has 1 heterocycles. The Hall–Kier alpha value is -0.400. The summed E-state index contributed by atoms with van der Waals surface area (Å²) in [6.07, 6.45) is 3.91. The maximum atomic E-state index is 12.3. The van der Waals surface area contributed by atoms with Crippen molar-refractivity contribution in [1.82, 2.24) is 13.9 Å². The van der Waals surface area contributed by atoms with Gasteiger partial charge in [-0.15, -0.1) is 0 Å².